The van der Waals surface area contributed by atoms with E-state index in [1.807, 2.05) is 0 Å². The molecule has 1 aliphatic rings. The summed E-state index contributed by atoms with van der Waals surface area (Å²) in [5.74, 6) is 0.788. The van der Waals surface area contributed by atoms with Gasteiger partial charge in [-0.2, -0.15) is 0 Å². The molecule has 0 bridgehead atoms. The summed E-state index contributed by atoms with van der Waals surface area (Å²) in [6.07, 6.45) is 1.50. The van der Waals surface area contributed by atoms with E-state index in [9.17, 15) is 9.59 Å². The predicted molar refractivity (Wildman–Crippen MR) is 68.7 cm³/mol. The van der Waals surface area contributed by atoms with Crippen LogP contribution in [0, 0.1) is 6.92 Å². The van der Waals surface area contributed by atoms with Crippen molar-refractivity contribution in [1.82, 2.24) is 15.0 Å². The van der Waals surface area contributed by atoms with Gasteiger partial charge >= 0.3 is 6.03 Å². The maximum atomic E-state index is 12.2. The van der Waals surface area contributed by atoms with Crippen molar-refractivity contribution in [2.75, 3.05) is 26.0 Å². The van der Waals surface area contributed by atoms with Crippen LogP contribution in [0.1, 0.15) is 18.6 Å². The number of hydrogen-bond acceptors (Lipinski definition) is 4. The monoisotopic (exact) mass is 266 g/mol. The van der Waals surface area contributed by atoms with Crippen LogP contribution in [-0.2, 0) is 4.79 Å². The van der Waals surface area contributed by atoms with Crippen LogP contribution in [0.3, 0.4) is 0 Å². The van der Waals surface area contributed by atoms with Crippen LogP contribution in [0.2, 0.25) is 0 Å². The lowest BCUT2D eigenvalue weighted by atomic mass is 10.2. The van der Waals surface area contributed by atoms with Crippen LogP contribution in [0.5, 0.6) is 0 Å². The number of nitrogens with zero attached hydrogens (tertiary/aromatic N) is 3. The molecule has 1 aromatic rings. The Morgan fingerprint density at radius 3 is 2.84 bits per heavy atom. The second-order valence-corrected chi connectivity index (χ2v) is 4.84. The van der Waals surface area contributed by atoms with E-state index >= 15 is 0 Å². The minimum absolute atomic E-state index is 0.144. The Labute approximate surface area is 111 Å². The van der Waals surface area contributed by atoms with Gasteiger partial charge in [-0.1, -0.05) is 5.16 Å². The number of aromatic nitrogens is 1. The molecule has 0 aromatic carbocycles. The van der Waals surface area contributed by atoms with Crippen molar-refractivity contribution in [3.05, 3.63) is 11.8 Å². The third-order valence-electron chi connectivity index (χ3n) is 3.06. The Morgan fingerprint density at radius 2 is 2.26 bits per heavy atom. The highest BCUT2D eigenvalue weighted by Gasteiger charge is 2.35. The third kappa shape index (κ3) is 2.86. The molecule has 1 aromatic heterocycles. The number of likely N-dealkylation sites (tertiary alicyclic amines) is 1. The first-order chi connectivity index (χ1) is 8.99. The van der Waals surface area contributed by atoms with Gasteiger partial charge in [-0.05, 0) is 19.8 Å². The van der Waals surface area contributed by atoms with E-state index in [1.165, 1.54) is 4.90 Å². The molecule has 3 amide bonds. The summed E-state index contributed by atoms with van der Waals surface area (Å²) >= 11 is 0. The Hall–Kier alpha value is -2.05. The van der Waals surface area contributed by atoms with Gasteiger partial charge in [-0.3, -0.25) is 4.79 Å². The number of rotatable bonds is 2. The predicted octanol–water partition coefficient (Wildman–Crippen LogP) is 1.07. The molecule has 0 aliphatic carbocycles. The molecule has 7 heteroatoms. The number of amides is 3. The van der Waals surface area contributed by atoms with Gasteiger partial charge < -0.3 is 19.6 Å². The number of hydrogen-bond donors (Lipinski definition) is 1. The molecule has 2 heterocycles. The van der Waals surface area contributed by atoms with E-state index in [2.05, 4.69) is 10.5 Å². The highest BCUT2D eigenvalue weighted by Crippen LogP contribution is 2.20. The second kappa shape index (κ2) is 5.29. The van der Waals surface area contributed by atoms with Crippen LogP contribution >= 0.6 is 0 Å². The van der Waals surface area contributed by atoms with Crippen LogP contribution in [-0.4, -0.2) is 53.6 Å². The van der Waals surface area contributed by atoms with Gasteiger partial charge in [-0.25, -0.2) is 4.79 Å². The minimum Gasteiger partial charge on any atom is -0.360 e. The topological polar surface area (TPSA) is 78.7 Å². The molecule has 1 N–H and O–H groups in total. The van der Waals surface area contributed by atoms with Crippen LogP contribution in [0.4, 0.5) is 10.6 Å². The molecule has 104 valence electrons. The Kier molecular flexibility index (Phi) is 3.73. The number of urea groups is 1. The highest BCUT2D eigenvalue weighted by atomic mass is 16.5. The molecule has 0 saturated carbocycles. The van der Waals surface area contributed by atoms with Gasteiger partial charge in [0.25, 0.3) is 0 Å². The molecule has 1 fully saturated rings. The molecule has 0 spiro atoms. The number of anilines is 1. The summed E-state index contributed by atoms with van der Waals surface area (Å²) in [7, 11) is 3.35. The molecule has 0 unspecified atom stereocenters. The Balaban J connectivity index is 2.03. The fraction of sp³-hybridized carbons (Fsp3) is 0.583. The van der Waals surface area contributed by atoms with E-state index in [-0.39, 0.29) is 11.9 Å². The van der Waals surface area contributed by atoms with Gasteiger partial charge in [0.15, 0.2) is 5.82 Å². The van der Waals surface area contributed by atoms with E-state index < -0.39 is 6.04 Å². The summed E-state index contributed by atoms with van der Waals surface area (Å²) in [5.41, 5.74) is 0. The van der Waals surface area contributed by atoms with Crippen molar-refractivity contribution < 1.29 is 14.1 Å². The van der Waals surface area contributed by atoms with Crippen molar-refractivity contribution >= 4 is 17.8 Å². The minimum atomic E-state index is -0.438. The number of aryl methyl sites for hydroxylation is 1. The zero-order chi connectivity index (χ0) is 14.0. The molecule has 19 heavy (non-hydrogen) atoms. The standard InChI is InChI=1S/C12H18N4O3/c1-8-7-10(14-19-8)13-11(17)9-5-4-6-16(9)12(18)15(2)3/h7,9H,4-6H2,1-3H3,(H,13,14,17)/t9-/m1/s1. The lowest BCUT2D eigenvalue weighted by Crippen LogP contribution is -2.47. The van der Waals surface area contributed by atoms with Crippen molar-refractivity contribution in [2.24, 2.45) is 0 Å². The molecular formula is C12H18N4O3. The fourth-order valence-corrected chi connectivity index (χ4v) is 2.16. The first-order valence-corrected chi connectivity index (χ1v) is 6.21. The summed E-state index contributed by atoms with van der Waals surface area (Å²) in [5, 5.41) is 6.38. The lowest BCUT2D eigenvalue weighted by molar-refractivity contribution is -0.119. The van der Waals surface area contributed by atoms with E-state index in [4.69, 9.17) is 4.52 Å². The van der Waals surface area contributed by atoms with Gasteiger partial charge in [0.2, 0.25) is 5.91 Å². The second-order valence-electron chi connectivity index (χ2n) is 4.84. The van der Waals surface area contributed by atoms with E-state index in [1.54, 1.807) is 32.0 Å². The van der Waals surface area contributed by atoms with Gasteiger partial charge in [0.1, 0.15) is 11.8 Å². The molecular weight excluding hydrogens is 248 g/mol. The summed E-state index contributed by atoms with van der Waals surface area (Å²) in [6, 6.07) is 1.06. The van der Waals surface area contributed by atoms with Crippen LogP contribution in [0.15, 0.2) is 10.6 Å². The highest BCUT2D eigenvalue weighted by molar-refractivity contribution is 5.96. The van der Waals surface area contributed by atoms with Gasteiger partial charge in [-0.15, -0.1) is 0 Å². The molecule has 0 radical (unpaired) electrons. The Morgan fingerprint density at radius 1 is 1.53 bits per heavy atom. The van der Waals surface area contributed by atoms with Crippen molar-refractivity contribution in [3.8, 4) is 0 Å². The van der Waals surface area contributed by atoms with Crippen LogP contribution < -0.4 is 5.32 Å². The van der Waals surface area contributed by atoms with Crippen molar-refractivity contribution in [2.45, 2.75) is 25.8 Å². The first kappa shape index (κ1) is 13.4. The van der Waals surface area contributed by atoms with Crippen LogP contribution in [0.25, 0.3) is 0 Å². The zero-order valence-electron chi connectivity index (χ0n) is 11.3. The summed E-state index contributed by atoms with van der Waals surface area (Å²) in [4.78, 5) is 27.2. The number of nitrogens with one attached hydrogen (secondary N) is 1. The van der Waals surface area contributed by atoms with Gasteiger partial charge in [0.05, 0.1) is 0 Å². The van der Waals surface area contributed by atoms with Gasteiger partial charge in [0, 0.05) is 26.7 Å². The molecule has 7 nitrogen and oxygen atoms in total. The average molecular weight is 266 g/mol. The lowest BCUT2D eigenvalue weighted by Gasteiger charge is -2.26. The summed E-state index contributed by atoms with van der Waals surface area (Å²) in [6.45, 7) is 2.35. The zero-order valence-corrected chi connectivity index (χ0v) is 11.3. The number of carbonyl (C=O) groups is 2. The molecule has 1 aliphatic heterocycles. The SMILES string of the molecule is Cc1cc(NC(=O)[C@H]2CCCN2C(=O)N(C)C)no1. The smallest absolute Gasteiger partial charge is 0.320 e. The third-order valence-corrected chi connectivity index (χ3v) is 3.06. The molecule has 1 atom stereocenters. The molecule has 2 rings (SSSR count). The fourth-order valence-electron chi connectivity index (χ4n) is 2.16. The van der Waals surface area contributed by atoms with Crippen molar-refractivity contribution in [3.63, 3.8) is 0 Å². The van der Waals surface area contributed by atoms with E-state index in [0.717, 1.165) is 6.42 Å². The molecule has 1 saturated heterocycles. The maximum Gasteiger partial charge on any atom is 0.320 e. The first-order valence-electron chi connectivity index (χ1n) is 6.21. The average Bonchev–Trinajstić information content (AvgIpc) is 2.96. The van der Waals surface area contributed by atoms with E-state index in [0.29, 0.717) is 24.5 Å². The normalized spacial score (nSPS) is 18.5. The maximum absolute atomic E-state index is 12.2. The largest absolute Gasteiger partial charge is 0.360 e. The quantitative estimate of drug-likeness (QED) is 0.868. The van der Waals surface area contributed by atoms with Crippen molar-refractivity contribution in [1.29, 1.82) is 0 Å². The Bertz CT molecular complexity index is 483. The summed E-state index contributed by atoms with van der Waals surface area (Å²) < 4.78 is 4.89. The number of carbonyl (C=O) groups excluding carboxylic acids is 2.